The Labute approximate surface area is 183 Å². The number of rotatable bonds is 11. The van der Waals surface area contributed by atoms with Gasteiger partial charge in [-0.15, -0.1) is 11.8 Å². The van der Waals surface area contributed by atoms with Crippen LogP contribution in [0.2, 0.25) is 0 Å². The lowest BCUT2D eigenvalue weighted by molar-refractivity contribution is -0.120. The number of hydrogen-bond donors (Lipinski definition) is 1. The number of hydrogen-bond acceptors (Lipinski definition) is 3. The predicted octanol–water partition coefficient (Wildman–Crippen LogP) is 5.25. The number of carbonyl (C=O) groups is 1. The fourth-order valence-corrected chi connectivity index (χ4v) is 5.06. The van der Waals surface area contributed by atoms with Crippen molar-refractivity contribution in [3.8, 4) is 0 Å². The van der Waals surface area contributed by atoms with Crippen LogP contribution in [-0.4, -0.2) is 31.4 Å². The summed E-state index contributed by atoms with van der Waals surface area (Å²) in [5.41, 5.74) is 3.64. The SMILES string of the molecule is CCOCCNC(=O)CCSC(c1ccccc1)(c1ccccc1)c1ccccc1. The molecular weight excluding hydrogens is 390 g/mol. The second-order valence-corrected chi connectivity index (χ2v) is 8.23. The van der Waals surface area contributed by atoms with Crippen molar-refractivity contribution in [2.75, 3.05) is 25.5 Å². The standard InChI is InChI=1S/C26H29NO2S/c1-2-29-20-19-27-25(28)18-21-30-26(22-12-6-3-7-13-22,23-14-8-4-9-15-23)24-16-10-5-11-17-24/h3-17H,2,18-21H2,1H3,(H,27,28). The first-order valence-corrected chi connectivity index (χ1v) is 11.4. The lowest BCUT2D eigenvalue weighted by atomic mass is 9.84. The highest BCUT2D eigenvalue weighted by Gasteiger charge is 2.36. The van der Waals surface area contributed by atoms with E-state index in [1.165, 1.54) is 16.7 Å². The Balaban J connectivity index is 1.87. The lowest BCUT2D eigenvalue weighted by Crippen LogP contribution is -2.29. The molecular formula is C26H29NO2S. The van der Waals surface area contributed by atoms with E-state index in [2.05, 4.69) is 78.1 Å². The number of amides is 1. The van der Waals surface area contributed by atoms with E-state index in [9.17, 15) is 4.79 Å². The van der Waals surface area contributed by atoms with Crippen LogP contribution in [0.25, 0.3) is 0 Å². The molecule has 30 heavy (non-hydrogen) atoms. The molecule has 0 saturated heterocycles. The normalized spacial score (nSPS) is 11.2. The molecule has 0 atom stereocenters. The van der Waals surface area contributed by atoms with Gasteiger partial charge in [-0.3, -0.25) is 4.79 Å². The molecule has 156 valence electrons. The van der Waals surface area contributed by atoms with Crippen LogP contribution in [0.5, 0.6) is 0 Å². The third-order valence-electron chi connectivity index (χ3n) is 4.96. The summed E-state index contributed by atoms with van der Waals surface area (Å²) in [6.45, 7) is 3.73. The van der Waals surface area contributed by atoms with Crippen molar-refractivity contribution in [3.63, 3.8) is 0 Å². The number of thioether (sulfide) groups is 1. The van der Waals surface area contributed by atoms with Crippen molar-refractivity contribution >= 4 is 17.7 Å². The fraction of sp³-hybridized carbons (Fsp3) is 0.269. The molecule has 0 saturated carbocycles. The molecule has 3 nitrogen and oxygen atoms in total. The first-order chi connectivity index (χ1) is 14.8. The van der Waals surface area contributed by atoms with Crippen LogP contribution < -0.4 is 5.32 Å². The molecule has 0 fully saturated rings. The monoisotopic (exact) mass is 419 g/mol. The van der Waals surface area contributed by atoms with Crippen molar-refractivity contribution in [3.05, 3.63) is 108 Å². The topological polar surface area (TPSA) is 38.3 Å². The summed E-state index contributed by atoms with van der Waals surface area (Å²) in [5, 5.41) is 2.95. The minimum absolute atomic E-state index is 0.0605. The quantitative estimate of drug-likeness (QED) is 0.341. The highest BCUT2D eigenvalue weighted by molar-refractivity contribution is 8.00. The molecule has 0 unspecified atom stereocenters. The van der Waals surface area contributed by atoms with Gasteiger partial charge in [0, 0.05) is 25.3 Å². The molecule has 0 radical (unpaired) electrons. The molecule has 0 bridgehead atoms. The van der Waals surface area contributed by atoms with Gasteiger partial charge >= 0.3 is 0 Å². The summed E-state index contributed by atoms with van der Waals surface area (Å²) in [6.07, 6.45) is 0.463. The second-order valence-electron chi connectivity index (χ2n) is 6.92. The minimum Gasteiger partial charge on any atom is -0.380 e. The number of nitrogens with one attached hydrogen (secondary N) is 1. The molecule has 0 aliphatic rings. The summed E-state index contributed by atoms with van der Waals surface area (Å²) in [4.78, 5) is 12.3. The molecule has 0 aliphatic heterocycles. The van der Waals surface area contributed by atoms with Crippen molar-refractivity contribution in [1.82, 2.24) is 5.32 Å². The molecule has 4 heteroatoms. The van der Waals surface area contributed by atoms with E-state index in [0.29, 0.717) is 31.9 Å². The van der Waals surface area contributed by atoms with Crippen LogP contribution in [0.1, 0.15) is 30.0 Å². The summed E-state index contributed by atoms with van der Waals surface area (Å²) >= 11 is 1.81. The largest absolute Gasteiger partial charge is 0.380 e. The zero-order valence-electron chi connectivity index (χ0n) is 17.4. The molecule has 3 aromatic rings. The number of benzene rings is 3. The van der Waals surface area contributed by atoms with Crippen LogP contribution in [0.4, 0.5) is 0 Å². The van der Waals surface area contributed by atoms with Gasteiger partial charge in [0.15, 0.2) is 0 Å². The number of carbonyl (C=O) groups excluding carboxylic acids is 1. The van der Waals surface area contributed by atoms with E-state index < -0.39 is 0 Å². The summed E-state index contributed by atoms with van der Waals surface area (Å²) in [6, 6.07) is 31.7. The number of ether oxygens (including phenoxy) is 1. The van der Waals surface area contributed by atoms with Crippen LogP contribution in [0, 0.1) is 0 Å². The first kappa shape index (κ1) is 22.1. The molecule has 3 aromatic carbocycles. The summed E-state index contributed by atoms with van der Waals surface area (Å²) in [7, 11) is 0. The van der Waals surface area contributed by atoms with Crippen LogP contribution in [0.15, 0.2) is 91.0 Å². The maximum Gasteiger partial charge on any atom is 0.220 e. The molecule has 3 rings (SSSR count). The van der Waals surface area contributed by atoms with Gasteiger partial charge in [-0.05, 0) is 23.6 Å². The third kappa shape index (κ3) is 5.53. The summed E-state index contributed by atoms with van der Waals surface area (Å²) in [5.74, 6) is 0.768. The van der Waals surface area contributed by atoms with Gasteiger partial charge in [0.05, 0.1) is 11.4 Å². The fourth-order valence-electron chi connectivity index (χ4n) is 3.56. The molecule has 1 N–H and O–H groups in total. The zero-order valence-corrected chi connectivity index (χ0v) is 18.2. The Bertz CT molecular complexity index is 788. The Morgan fingerprint density at radius 3 is 1.73 bits per heavy atom. The van der Waals surface area contributed by atoms with Gasteiger partial charge in [-0.25, -0.2) is 0 Å². The van der Waals surface area contributed by atoms with Gasteiger partial charge in [0.25, 0.3) is 0 Å². The average molecular weight is 420 g/mol. The van der Waals surface area contributed by atoms with Gasteiger partial charge in [-0.2, -0.15) is 0 Å². The maximum absolute atomic E-state index is 12.3. The van der Waals surface area contributed by atoms with Crippen molar-refractivity contribution in [2.45, 2.75) is 18.1 Å². The maximum atomic E-state index is 12.3. The Hall–Kier alpha value is -2.56. The highest BCUT2D eigenvalue weighted by atomic mass is 32.2. The highest BCUT2D eigenvalue weighted by Crippen LogP contribution is 2.48. The molecule has 0 aliphatic carbocycles. The third-order valence-corrected chi connectivity index (χ3v) is 6.51. The first-order valence-electron chi connectivity index (χ1n) is 10.4. The Morgan fingerprint density at radius 1 is 0.833 bits per heavy atom. The Morgan fingerprint density at radius 2 is 1.30 bits per heavy atom. The van der Waals surface area contributed by atoms with Gasteiger partial charge in [-0.1, -0.05) is 91.0 Å². The average Bonchev–Trinajstić information content (AvgIpc) is 2.81. The lowest BCUT2D eigenvalue weighted by Gasteiger charge is -2.35. The Kier molecular flexibility index (Phi) is 8.54. The van der Waals surface area contributed by atoms with Gasteiger partial charge in [0.1, 0.15) is 0 Å². The molecule has 0 heterocycles. The van der Waals surface area contributed by atoms with E-state index in [1.807, 2.05) is 36.9 Å². The summed E-state index contributed by atoms with van der Waals surface area (Å²) < 4.78 is 4.92. The molecule has 0 aromatic heterocycles. The van der Waals surface area contributed by atoms with Crippen LogP contribution in [-0.2, 0) is 14.3 Å². The minimum atomic E-state index is -0.380. The van der Waals surface area contributed by atoms with Crippen molar-refractivity contribution in [2.24, 2.45) is 0 Å². The van der Waals surface area contributed by atoms with Gasteiger partial charge < -0.3 is 10.1 Å². The van der Waals surface area contributed by atoms with Crippen LogP contribution >= 0.6 is 11.8 Å². The second kappa shape index (κ2) is 11.6. The van der Waals surface area contributed by atoms with Crippen LogP contribution in [0.3, 0.4) is 0 Å². The smallest absolute Gasteiger partial charge is 0.220 e. The van der Waals surface area contributed by atoms with Crippen molar-refractivity contribution in [1.29, 1.82) is 0 Å². The van der Waals surface area contributed by atoms with E-state index in [-0.39, 0.29) is 10.7 Å². The van der Waals surface area contributed by atoms with Gasteiger partial charge in [0.2, 0.25) is 5.91 Å². The van der Waals surface area contributed by atoms with E-state index >= 15 is 0 Å². The molecule has 0 spiro atoms. The predicted molar refractivity (Wildman–Crippen MR) is 126 cm³/mol. The van der Waals surface area contributed by atoms with E-state index in [0.717, 1.165) is 0 Å². The zero-order chi connectivity index (χ0) is 21.1. The van der Waals surface area contributed by atoms with E-state index in [4.69, 9.17) is 4.74 Å². The van der Waals surface area contributed by atoms with E-state index in [1.54, 1.807) is 0 Å². The molecule has 1 amide bonds. The van der Waals surface area contributed by atoms with Crippen molar-refractivity contribution < 1.29 is 9.53 Å².